The van der Waals surface area contributed by atoms with Crippen LogP contribution in [0.25, 0.3) is 5.76 Å². The third-order valence-corrected chi connectivity index (χ3v) is 8.12. The van der Waals surface area contributed by atoms with E-state index in [1.165, 1.54) is 28.4 Å². The van der Waals surface area contributed by atoms with Crippen molar-refractivity contribution in [1.29, 1.82) is 0 Å². The fourth-order valence-electron chi connectivity index (χ4n) is 5.10. The van der Waals surface area contributed by atoms with Gasteiger partial charge in [-0.1, -0.05) is 11.3 Å². The topological polar surface area (TPSA) is 134 Å². The molecule has 214 valence electrons. The molecule has 2 aromatic carbocycles. The molecule has 0 spiro atoms. The van der Waals surface area contributed by atoms with Crippen molar-refractivity contribution < 1.29 is 43.2 Å². The zero-order valence-electron chi connectivity index (χ0n) is 23.3. The number of carbonyl (C=O) groups excluding carboxylic acids is 3. The summed E-state index contributed by atoms with van der Waals surface area (Å²) in [5.74, 6) is -1.27. The number of fused-ring (bicyclic) bond motifs is 1. The Morgan fingerprint density at radius 3 is 2.37 bits per heavy atom. The molecule has 11 nitrogen and oxygen atoms in total. The second kappa shape index (κ2) is 10.8. The molecule has 1 amide bonds. The number of benzene rings is 2. The van der Waals surface area contributed by atoms with E-state index < -0.39 is 23.7 Å². The molecule has 2 atom stereocenters. The first-order valence-electron chi connectivity index (χ1n) is 12.6. The van der Waals surface area contributed by atoms with Crippen molar-refractivity contribution >= 4 is 39.9 Å². The molecule has 2 aliphatic rings. The van der Waals surface area contributed by atoms with Crippen LogP contribution in [-0.2, 0) is 20.7 Å². The summed E-state index contributed by atoms with van der Waals surface area (Å²) in [7, 11) is 5.58. The minimum atomic E-state index is -1.15. The summed E-state index contributed by atoms with van der Waals surface area (Å²) in [6.07, 6.45) is 0.611. The van der Waals surface area contributed by atoms with E-state index in [2.05, 4.69) is 4.98 Å². The number of aliphatic hydroxyl groups excluding tert-OH is 1. The molecule has 1 N–H and O–H groups in total. The highest BCUT2D eigenvalue weighted by Gasteiger charge is 2.49. The number of hydrogen-bond donors (Lipinski definition) is 1. The molecule has 3 aromatic rings. The summed E-state index contributed by atoms with van der Waals surface area (Å²) in [4.78, 5) is 45.4. The Balaban J connectivity index is 1.75. The summed E-state index contributed by atoms with van der Waals surface area (Å²) < 4.78 is 27.1. The van der Waals surface area contributed by atoms with Gasteiger partial charge in [-0.3, -0.25) is 14.5 Å². The van der Waals surface area contributed by atoms with Crippen LogP contribution in [0.15, 0.2) is 35.9 Å². The number of hydrogen-bond acceptors (Lipinski definition) is 11. The molecule has 1 saturated heterocycles. The number of anilines is 1. The standard InChI is InChI=1S/C29H28N2O9S/c1-13-9-16-10-15(7-8-18(16)40-13)23(32)21-22(17-11-19(36-3)25(38-5)20(12-17)37-4)31(27(34)24(21)33)29-30-14(2)26(41-29)28(35)39-6/h7-8,10-13,22,32H,9H2,1-6H3. The molecule has 0 bridgehead atoms. The number of methoxy groups -OCH3 is 4. The third-order valence-electron chi connectivity index (χ3n) is 6.98. The smallest absolute Gasteiger partial charge is 0.350 e. The second-order valence-corrected chi connectivity index (χ2v) is 10.5. The maximum Gasteiger partial charge on any atom is 0.350 e. The number of aromatic nitrogens is 1. The van der Waals surface area contributed by atoms with Gasteiger partial charge in [0.2, 0.25) is 5.75 Å². The minimum absolute atomic E-state index is 0.0237. The number of rotatable bonds is 7. The maximum atomic E-state index is 13.7. The highest BCUT2D eigenvalue weighted by molar-refractivity contribution is 7.17. The average Bonchev–Trinajstić information content (AvgIpc) is 3.62. The van der Waals surface area contributed by atoms with E-state index in [1.54, 1.807) is 37.3 Å². The van der Waals surface area contributed by atoms with Crippen molar-refractivity contribution in [2.24, 2.45) is 0 Å². The molecular formula is C29H28N2O9S. The van der Waals surface area contributed by atoms with Gasteiger partial charge >= 0.3 is 11.9 Å². The van der Waals surface area contributed by atoms with Crippen LogP contribution in [0.1, 0.15) is 45.0 Å². The Hall–Kier alpha value is -4.58. The van der Waals surface area contributed by atoms with Crippen LogP contribution in [-0.4, -0.2) is 62.3 Å². The van der Waals surface area contributed by atoms with Crippen LogP contribution in [0.2, 0.25) is 0 Å². The van der Waals surface area contributed by atoms with Crippen molar-refractivity contribution in [2.75, 3.05) is 33.3 Å². The number of esters is 1. The van der Waals surface area contributed by atoms with E-state index >= 15 is 0 Å². The Kier molecular flexibility index (Phi) is 7.35. The lowest BCUT2D eigenvalue weighted by Crippen LogP contribution is -2.29. The number of nitrogens with zero attached hydrogens (tertiary/aromatic N) is 2. The number of aryl methyl sites for hydroxylation is 1. The fourth-order valence-corrected chi connectivity index (χ4v) is 6.11. The Bertz CT molecular complexity index is 1580. The first-order valence-corrected chi connectivity index (χ1v) is 13.4. The van der Waals surface area contributed by atoms with Gasteiger partial charge in [-0.2, -0.15) is 0 Å². The monoisotopic (exact) mass is 580 g/mol. The van der Waals surface area contributed by atoms with Gasteiger partial charge in [-0.15, -0.1) is 0 Å². The van der Waals surface area contributed by atoms with Gasteiger partial charge in [0.1, 0.15) is 22.5 Å². The molecule has 1 fully saturated rings. The summed E-state index contributed by atoms with van der Waals surface area (Å²) in [5.41, 5.74) is 1.77. The maximum absolute atomic E-state index is 13.7. The normalized spacial score (nSPS) is 19.1. The predicted molar refractivity (Wildman–Crippen MR) is 149 cm³/mol. The number of aliphatic hydroxyl groups is 1. The second-order valence-electron chi connectivity index (χ2n) is 9.49. The molecule has 0 aliphatic carbocycles. The largest absolute Gasteiger partial charge is 0.507 e. The molecule has 12 heteroatoms. The van der Waals surface area contributed by atoms with Gasteiger partial charge < -0.3 is 28.8 Å². The van der Waals surface area contributed by atoms with Gasteiger partial charge in [0.15, 0.2) is 16.6 Å². The molecule has 0 radical (unpaired) electrons. The molecule has 3 heterocycles. The number of carbonyl (C=O) groups is 3. The van der Waals surface area contributed by atoms with Gasteiger partial charge in [0.25, 0.3) is 5.78 Å². The van der Waals surface area contributed by atoms with Gasteiger partial charge in [-0.25, -0.2) is 9.78 Å². The van der Waals surface area contributed by atoms with Crippen molar-refractivity contribution in [3.8, 4) is 23.0 Å². The van der Waals surface area contributed by atoms with E-state index in [0.29, 0.717) is 34.7 Å². The lowest BCUT2D eigenvalue weighted by atomic mass is 9.94. The molecule has 0 saturated carbocycles. The molecular weight excluding hydrogens is 552 g/mol. The quantitative estimate of drug-likeness (QED) is 0.187. The van der Waals surface area contributed by atoms with Crippen molar-refractivity contribution in [2.45, 2.75) is 32.4 Å². The van der Waals surface area contributed by atoms with Crippen LogP contribution in [0.4, 0.5) is 5.13 Å². The molecule has 41 heavy (non-hydrogen) atoms. The highest BCUT2D eigenvalue weighted by atomic mass is 32.1. The van der Waals surface area contributed by atoms with Crippen LogP contribution < -0.4 is 23.8 Å². The van der Waals surface area contributed by atoms with Crippen LogP contribution in [0.3, 0.4) is 0 Å². The highest BCUT2D eigenvalue weighted by Crippen LogP contribution is 2.48. The van der Waals surface area contributed by atoms with Crippen LogP contribution in [0, 0.1) is 6.92 Å². The van der Waals surface area contributed by atoms with E-state index in [0.717, 1.165) is 21.8 Å². The van der Waals surface area contributed by atoms with E-state index in [4.69, 9.17) is 23.7 Å². The van der Waals surface area contributed by atoms with Gasteiger partial charge in [-0.05, 0) is 55.3 Å². The molecule has 5 rings (SSSR count). The van der Waals surface area contributed by atoms with Crippen molar-refractivity contribution in [1.82, 2.24) is 4.98 Å². The first kappa shape index (κ1) is 28.0. The van der Waals surface area contributed by atoms with E-state index in [1.807, 2.05) is 6.92 Å². The number of thiazole rings is 1. The van der Waals surface area contributed by atoms with Crippen molar-refractivity contribution in [3.05, 3.63) is 63.2 Å². The van der Waals surface area contributed by atoms with Crippen molar-refractivity contribution in [3.63, 3.8) is 0 Å². The Morgan fingerprint density at radius 1 is 1.07 bits per heavy atom. The summed E-state index contributed by atoms with van der Waals surface area (Å²) in [5, 5.41) is 11.7. The number of ether oxygens (including phenoxy) is 5. The van der Waals surface area contributed by atoms with E-state index in [-0.39, 0.29) is 38.9 Å². The SMILES string of the molecule is COC(=O)c1sc(N2C(=O)C(=O)C(=C(O)c3ccc4c(c3)CC(C)O4)C2c2cc(OC)c(OC)c(OC)c2)nc1C. The molecule has 2 unspecified atom stereocenters. The van der Waals surface area contributed by atoms with Crippen LogP contribution >= 0.6 is 11.3 Å². The summed E-state index contributed by atoms with van der Waals surface area (Å²) in [6, 6.07) is 7.15. The molecule has 1 aromatic heterocycles. The zero-order chi connectivity index (χ0) is 29.6. The number of Topliss-reactive ketones (excluding diaryl/α,β-unsaturated/α-hetero) is 1. The zero-order valence-corrected chi connectivity index (χ0v) is 24.1. The van der Waals surface area contributed by atoms with Gasteiger partial charge in [0.05, 0.1) is 45.7 Å². The van der Waals surface area contributed by atoms with E-state index in [9.17, 15) is 19.5 Å². The lowest BCUT2D eigenvalue weighted by molar-refractivity contribution is -0.132. The molecule has 2 aliphatic heterocycles. The summed E-state index contributed by atoms with van der Waals surface area (Å²) >= 11 is 0.907. The third kappa shape index (κ3) is 4.63. The number of amides is 1. The minimum Gasteiger partial charge on any atom is -0.507 e. The average molecular weight is 581 g/mol. The first-order chi connectivity index (χ1) is 19.6. The Labute approximate surface area is 239 Å². The fraction of sp³-hybridized carbons (Fsp3) is 0.310. The predicted octanol–water partition coefficient (Wildman–Crippen LogP) is 4.21. The lowest BCUT2D eigenvalue weighted by Gasteiger charge is -2.24. The number of ketones is 1. The van der Waals surface area contributed by atoms with Gasteiger partial charge in [0, 0.05) is 12.0 Å². The Morgan fingerprint density at radius 2 is 1.76 bits per heavy atom. The summed E-state index contributed by atoms with van der Waals surface area (Å²) in [6.45, 7) is 3.54. The van der Waals surface area contributed by atoms with Crippen LogP contribution in [0.5, 0.6) is 23.0 Å².